The molecular weight excluding hydrogens is 220 g/mol. The van der Waals surface area contributed by atoms with Crippen LogP contribution in [-0.2, 0) is 4.74 Å². The van der Waals surface area contributed by atoms with E-state index in [4.69, 9.17) is 15.6 Å². The molecule has 1 aromatic carbocycles. The van der Waals surface area contributed by atoms with Crippen molar-refractivity contribution in [3.63, 3.8) is 0 Å². The third-order valence-electron chi connectivity index (χ3n) is 2.97. The highest BCUT2D eigenvalue weighted by Crippen LogP contribution is 2.30. The van der Waals surface area contributed by atoms with Gasteiger partial charge in [0.15, 0.2) is 0 Å². The van der Waals surface area contributed by atoms with Crippen LogP contribution in [0.4, 0.5) is 11.4 Å². The van der Waals surface area contributed by atoms with E-state index in [2.05, 4.69) is 5.32 Å². The van der Waals surface area contributed by atoms with E-state index in [9.17, 15) is 4.79 Å². The van der Waals surface area contributed by atoms with Crippen molar-refractivity contribution in [3.05, 3.63) is 23.8 Å². The standard InChI is InChI=1S/C12H16N2O3/c1-12(5-6-17-7-12)14-10-8(11(15)16)3-2-4-9(10)13/h2-4,14H,5-7,13H2,1H3,(H,15,16). The number of carboxylic acid groups (broad SMARTS) is 1. The molecule has 1 saturated heterocycles. The summed E-state index contributed by atoms with van der Waals surface area (Å²) < 4.78 is 5.32. The lowest BCUT2D eigenvalue weighted by atomic mass is 10.00. The summed E-state index contributed by atoms with van der Waals surface area (Å²) in [5, 5.41) is 12.3. The number of nitrogen functional groups attached to an aromatic ring is 1. The van der Waals surface area contributed by atoms with Crippen LogP contribution in [0.1, 0.15) is 23.7 Å². The summed E-state index contributed by atoms with van der Waals surface area (Å²) >= 11 is 0. The number of nitrogens with two attached hydrogens (primary N) is 1. The minimum absolute atomic E-state index is 0.193. The number of carboxylic acids is 1. The summed E-state index contributed by atoms with van der Waals surface area (Å²) in [6, 6.07) is 4.87. The molecule has 0 spiro atoms. The minimum Gasteiger partial charge on any atom is -0.478 e. The summed E-state index contributed by atoms with van der Waals surface area (Å²) in [7, 11) is 0. The number of anilines is 2. The van der Waals surface area contributed by atoms with Gasteiger partial charge in [-0.05, 0) is 25.5 Å². The molecule has 1 atom stereocenters. The molecule has 2 rings (SSSR count). The van der Waals surface area contributed by atoms with Crippen molar-refractivity contribution >= 4 is 17.3 Å². The Labute approximate surface area is 99.6 Å². The summed E-state index contributed by atoms with van der Waals surface area (Å²) in [6.45, 7) is 3.23. The number of para-hydroxylation sites is 1. The maximum absolute atomic E-state index is 11.1. The van der Waals surface area contributed by atoms with Gasteiger partial charge in [-0.1, -0.05) is 6.07 Å². The normalized spacial score (nSPS) is 23.6. The molecule has 0 saturated carbocycles. The van der Waals surface area contributed by atoms with Crippen LogP contribution in [0, 0.1) is 0 Å². The van der Waals surface area contributed by atoms with Crippen LogP contribution in [0.5, 0.6) is 0 Å². The molecule has 0 aromatic heterocycles. The number of nitrogens with one attached hydrogen (secondary N) is 1. The van der Waals surface area contributed by atoms with Crippen molar-refractivity contribution in [2.45, 2.75) is 18.9 Å². The third-order valence-corrected chi connectivity index (χ3v) is 2.97. The van der Waals surface area contributed by atoms with Crippen LogP contribution < -0.4 is 11.1 Å². The molecule has 1 unspecified atom stereocenters. The minimum atomic E-state index is -0.984. The van der Waals surface area contributed by atoms with Gasteiger partial charge in [0.1, 0.15) is 0 Å². The fourth-order valence-corrected chi connectivity index (χ4v) is 1.96. The highest BCUT2D eigenvalue weighted by molar-refractivity contribution is 5.97. The van der Waals surface area contributed by atoms with Crippen molar-refractivity contribution in [1.29, 1.82) is 0 Å². The van der Waals surface area contributed by atoms with Crippen LogP contribution in [0.25, 0.3) is 0 Å². The van der Waals surface area contributed by atoms with Gasteiger partial charge in [-0.2, -0.15) is 0 Å². The van der Waals surface area contributed by atoms with Gasteiger partial charge in [-0.25, -0.2) is 4.79 Å². The predicted molar refractivity (Wildman–Crippen MR) is 65.3 cm³/mol. The second kappa shape index (κ2) is 4.25. The first kappa shape index (κ1) is 11.7. The van der Waals surface area contributed by atoms with Gasteiger partial charge in [0.2, 0.25) is 0 Å². The van der Waals surface area contributed by atoms with Crippen LogP contribution >= 0.6 is 0 Å². The lowest BCUT2D eigenvalue weighted by Crippen LogP contribution is -2.36. The Morgan fingerprint density at radius 1 is 1.59 bits per heavy atom. The lowest BCUT2D eigenvalue weighted by molar-refractivity contribution is 0.0698. The van der Waals surface area contributed by atoms with Gasteiger partial charge in [-0.3, -0.25) is 0 Å². The lowest BCUT2D eigenvalue weighted by Gasteiger charge is -2.26. The zero-order valence-electron chi connectivity index (χ0n) is 9.69. The zero-order valence-corrected chi connectivity index (χ0v) is 9.69. The zero-order chi connectivity index (χ0) is 12.5. The molecule has 0 aliphatic carbocycles. The van der Waals surface area contributed by atoms with Crippen molar-refractivity contribution in [2.75, 3.05) is 24.3 Å². The van der Waals surface area contributed by atoms with Gasteiger partial charge < -0.3 is 20.9 Å². The van der Waals surface area contributed by atoms with E-state index >= 15 is 0 Å². The molecule has 0 amide bonds. The number of ether oxygens (including phenoxy) is 1. The number of hydrogen-bond acceptors (Lipinski definition) is 4. The van der Waals surface area contributed by atoms with E-state index in [1.54, 1.807) is 18.2 Å². The van der Waals surface area contributed by atoms with Crippen LogP contribution in [-0.4, -0.2) is 29.8 Å². The van der Waals surface area contributed by atoms with Gasteiger partial charge in [0, 0.05) is 6.61 Å². The van der Waals surface area contributed by atoms with E-state index in [0.29, 0.717) is 24.6 Å². The monoisotopic (exact) mass is 236 g/mol. The maximum Gasteiger partial charge on any atom is 0.337 e. The van der Waals surface area contributed by atoms with Crippen molar-refractivity contribution < 1.29 is 14.6 Å². The Balaban J connectivity index is 2.34. The number of carbonyl (C=O) groups is 1. The number of rotatable bonds is 3. The van der Waals surface area contributed by atoms with Gasteiger partial charge in [0.05, 0.1) is 29.1 Å². The summed E-state index contributed by atoms with van der Waals surface area (Å²) in [5.74, 6) is -0.984. The fourth-order valence-electron chi connectivity index (χ4n) is 1.96. The molecule has 1 aliphatic rings. The summed E-state index contributed by atoms with van der Waals surface area (Å²) in [6.07, 6.45) is 0.834. The first-order valence-electron chi connectivity index (χ1n) is 5.49. The quantitative estimate of drug-likeness (QED) is 0.693. The Morgan fingerprint density at radius 3 is 2.94 bits per heavy atom. The van der Waals surface area contributed by atoms with E-state index in [-0.39, 0.29) is 11.1 Å². The molecule has 92 valence electrons. The van der Waals surface area contributed by atoms with Crippen LogP contribution in [0.3, 0.4) is 0 Å². The summed E-state index contributed by atoms with van der Waals surface area (Å²) in [5.41, 5.74) is 6.69. The molecule has 0 bridgehead atoms. The van der Waals surface area contributed by atoms with E-state index < -0.39 is 5.97 Å². The number of hydrogen-bond donors (Lipinski definition) is 3. The largest absolute Gasteiger partial charge is 0.478 e. The van der Waals surface area contributed by atoms with E-state index in [1.807, 2.05) is 6.92 Å². The molecule has 1 fully saturated rings. The van der Waals surface area contributed by atoms with Crippen molar-refractivity contribution in [2.24, 2.45) is 0 Å². The molecule has 1 aromatic rings. The first-order chi connectivity index (χ1) is 8.02. The molecular formula is C12H16N2O3. The highest BCUT2D eigenvalue weighted by Gasteiger charge is 2.31. The van der Waals surface area contributed by atoms with Gasteiger partial charge >= 0.3 is 5.97 Å². The van der Waals surface area contributed by atoms with Crippen LogP contribution in [0.2, 0.25) is 0 Å². The average Bonchev–Trinajstić information content (AvgIpc) is 2.68. The molecule has 17 heavy (non-hydrogen) atoms. The molecule has 4 N–H and O–H groups in total. The highest BCUT2D eigenvalue weighted by atomic mass is 16.5. The second-order valence-corrected chi connectivity index (χ2v) is 4.56. The number of aromatic carboxylic acids is 1. The molecule has 0 radical (unpaired) electrons. The van der Waals surface area contributed by atoms with Gasteiger partial charge in [-0.15, -0.1) is 0 Å². The smallest absolute Gasteiger partial charge is 0.337 e. The second-order valence-electron chi connectivity index (χ2n) is 4.56. The van der Waals surface area contributed by atoms with E-state index in [0.717, 1.165) is 6.42 Å². The maximum atomic E-state index is 11.1. The Morgan fingerprint density at radius 2 is 2.35 bits per heavy atom. The molecule has 5 nitrogen and oxygen atoms in total. The molecule has 1 heterocycles. The van der Waals surface area contributed by atoms with E-state index in [1.165, 1.54) is 0 Å². The SMILES string of the molecule is CC1(Nc2c(N)cccc2C(=O)O)CCOC1. The molecule has 5 heteroatoms. The Kier molecular flexibility index (Phi) is 2.93. The van der Waals surface area contributed by atoms with Crippen molar-refractivity contribution in [3.8, 4) is 0 Å². The third kappa shape index (κ3) is 2.34. The predicted octanol–water partition coefficient (Wildman–Crippen LogP) is 1.56. The van der Waals surface area contributed by atoms with Crippen LogP contribution in [0.15, 0.2) is 18.2 Å². The Hall–Kier alpha value is -1.75. The van der Waals surface area contributed by atoms with Crippen molar-refractivity contribution in [1.82, 2.24) is 0 Å². The topological polar surface area (TPSA) is 84.6 Å². The fraction of sp³-hybridized carbons (Fsp3) is 0.417. The average molecular weight is 236 g/mol. The number of benzene rings is 1. The first-order valence-corrected chi connectivity index (χ1v) is 5.49. The molecule has 1 aliphatic heterocycles. The van der Waals surface area contributed by atoms with Gasteiger partial charge in [0.25, 0.3) is 0 Å². The summed E-state index contributed by atoms with van der Waals surface area (Å²) in [4.78, 5) is 11.1. The Bertz CT molecular complexity index is 439.